The molecule has 1 heterocycles. The monoisotopic (exact) mass is 222 g/mol. The Labute approximate surface area is 97.4 Å². The molecule has 0 aromatic carbocycles. The zero-order chi connectivity index (χ0) is 11.4. The van der Waals surface area contributed by atoms with Crippen LogP contribution in [0.4, 0.5) is 0 Å². The number of hydrogen-bond acceptors (Lipinski definition) is 3. The Morgan fingerprint density at radius 2 is 2.38 bits per heavy atom. The molecule has 1 aliphatic rings. The highest BCUT2D eigenvalue weighted by molar-refractivity contribution is 5.02. The summed E-state index contributed by atoms with van der Waals surface area (Å²) >= 11 is 0. The van der Waals surface area contributed by atoms with Crippen molar-refractivity contribution in [3.8, 4) is 0 Å². The Kier molecular flexibility index (Phi) is 3.93. The molecule has 0 saturated heterocycles. The zero-order valence-corrected chi connectivity index (χ0v) is 10.3. The van der Waals surface area contributed by atoms with Gasteiger partial charge in [-0.1, -0.05) is 31.4 Å². The normalized spacial score (nSPS) is 18.4. The van der Waals surface area contributed by atoms with Crippen molar-refractivity contribution in [3.05, 3.63) is 11.9 Å². The molecule has 0 aliphatic heterocycles. The van der Waals surface area contributed by atoms with E-state index in [0.29, 0.717) is 6.04 Å². The third-order valence-corrected chi connectivity index (χ3v) is 3.54. The Balaban J connectivity index is 1.98. The lowest BCUT2D eigenvalue weighted by atomic mass is 9.80. The van der Waals surface area contributed by atoms with Crippen molar-refractivity contribution in [1.82, 2.24) is 20.3 Å². The van der Waals surface area contributed by atoms with E-state index in [4.69, 9.17) is 0 Å². The highest BCUT2D eigenvalue weighted by atomic mass is 15.4. The van der Waals surface area contributed by atoms with Crippen LogP contribution in [-0.4, -0.2) is 21.5 Å². The quantitative estimate of drug-likeness (QED) is 0.801. The van der Waals surface area contributed by atoms with Crippen LogP contribution in [0.3, 0.4) is 0 Å². The van der Waals surface area contributed by atoms with Gasteiger partial charge in [0.05, 0.1) is 17.9 Å². The molecule has 90 valence electrons. The lowest BCUT2D eigenvalue weighted by molar-refractivity contribution is 0.257. The van der Waals surface area contributed by atoms with Gasteiger partial charge in [0.2, 0.25) is 0 Å². The van der Waals surface area contributed by atoms with Crippen molar-refractivity contribution in [3.63, 3.8) is 0 Å². The Hall–Kier alpha value is -0.900. The molecule has 1 aromatic rings. The molecule has 0 amide bonds. The number of aromatic nitrogens is 3. The molecule has 1 saturated carbocycles. The van der Waals surface area contributed by atoms with Gasteiger partial charge in [0.15, 0.2) is 0 Å². The van der Waals surface area contributed by atoms with Crippen LogP contribution in [0.1, 0.15) is 50.8 Å². The number of nitrogens with one attached hydrogen (secondary N) is 1. The van der Waals surface area contributed by atoms with Crippen molar-refractivity contribution in [2.45, 2.75) is 45.1 Å². The summed E-state index contributed by atoms with van der Waals surface area (Å²) in [5, 5.41) is 11.6. The molecule has 2 rings (SSSR count). The molecule has 0 spiro atoms. The molecule has 16 heavy (non-hydrogen) atoms. The average molecular weight is 222 g/mol. The van der Waals surface area contributed by atoms with E-state index < -0.39 is 0 Å². The fraction of sp³-hybridized carbons (Fsp3) is 0.833. The summed E-state index contributed by atoms with van der Waals surface area (Å²) in [6, 6.07) is 0.435. The van der Waals surface area contributed by atoms with Gasteiger partial charge in [0.1, 0.15) is 0 Å². The van der Waals surface area contributed by atoms with Crippen LogP contribution < -0.4 is 5.32 Å². The van der Waals surface area contributed by atoms with Gasteiger partial charge in [-0.05, 0) is 25.3 Å². The summed E-state index contributed by atoms with van der Waals surface area (Å²) in [6.45, 7) is 3.28. The maximum atomic E-state index is 4.02. The van der Waals surface area contributed by atoms with E-state index in [-0.39, 0.29) is 0 Å². The molecule has 1 N–H and O–H groups in total. The lowest BCUT2D eigenvalue weighted by Gasteiger charge is -2.30. The lowest BCUT2D eigenvalue weighted by Crippen LogP contribution is -2.28. The van der Waals surface area contributed by atoms with Crippen molar-refractivity contribution in [2.24, 2.45) is 13.0 Å². The topological polar surface area (TPSA) is 42.7 Å². The largest absolute Gasteiger partial charge is 0.309 e. The second-order valence-corrected chi connectivity index (χ2v) is 4.82. The molecule has 1 aliphatic carbocycles. The first-order chi connectivity index (χ1) is 7.81. The van der Waals surface area contributed by atoms with Gasteiger partial charge >= 0.3 is 0 Å². The summed E-state index contributed by atoms with van der Waals surface area (Å²) in [4.78, 5) is 0. The molecule has 0 bridgehead atoms. The van der Waals surface area contributed by atoms with Crippen LogP contribution >= 0.6 is 0 Å². The Morgan fingerprint density at radius 1 is 1.56 bits per heavy atom. The van der Waals surface area contributed by atoms with Gasteiger partial charge in [0.25, 0.3) is 0 Å². The summed E-state index contributed by atoms with van der Waals surface area (Å²) in [5.41, 5.74) is 1.22. The predicted molar refractivity (Wildman–Crippen MR) is 64.0 cm³/mol. The van der Waals surface area contributed by atoms with E-state index >= 15 is 0 Å². The van der Waals surface area contributed by atoms with Crippen LogP contribution in [0.25, 0.3) is 0 Å². The van der Waals surface area contributed by atoms with Gasteiger partial charge < -0.3 is 5.32 Å². The van der Waals surface area contributed by atoms with Crippen molar-refractivity contribution >= 4 is 0 Å². The second-order valence-electron chi connectivity index (χ2n) is 4.82. The van der Waals surface area contributed by atoms with Crippen molar-refractivity contribution < 1.29 is 0 Å². The van der Waals surface area contributed by atoms with Gasteiger partial charge in [-0.2, -0.15) is 0 Å². The molecule has 4 nitrogen and oxygen atoms in total. The summed E-state index contributed by atoms with van der Waals surface area (Å²) < 4.78 is 1.89. The third kappa shape index (κ3) is 2.61. The highest BCUT2D eigenvalue weighted by Crippen LogP contribution is 2.34. The van der Waals surface area contributed by atoms with Gasteiger partial charge in [-0.15, -0.1) is 5.10 Å². The number of aryl methyl sites for hydroxylation is 1. The minimum atomic E-state index is 0.435. The van der Waals surface area contributed by atoms with E-state index in [1.54, 1.807) is 0 Å². The minimum Gasteiger partial charge on any atom is -0.309 e. The molecule has 4 heteroatoms. The van der Waals surface area contributed by atoms with Gasteiger partial charge in [-0.3, -0.25) is 4.68 Å². The Bertz CT molecular complexity index is 317. The second kappa shape index (κ2) is 5.43. The molecular weight excluding hydrogens is 200 g/mol. The minimum absolute atomic E-state index is 0.435. The summed E-state index contributed by atoms with van der Waals surface area (Å²) in [5.74, 6) is 0.907. The van der Waals surface area contributed by atoms with E-state index in [0.717, 1.165) is 12.5 Å². The van der Waals surface area contributed by atoms with Crippen LogP contribution in [0, 0.1) is 5.92 Å². The van der Waals surface area contributed by atoms with E-state index in [2.05, 4.69) is 22.6 Å². The van der Waals surface area contributed by atoms with Gasteiger partial charge in [0, 0.05) is 7.05 Å². The van der Waals surface area contributed by atoms with E-state index in [9.17, 15) is 0 Å². The maximum absolute atomic E-state index is 4.02. The first kappa shape index (κ1) is 11.6. The molecular formula is C12H22N4. The average Bonchev–Trinajstić information content (AvgIpc) is 2.62. The van der Waals surface area contributed by atoms with Crippen LogP contribution in [-0.2, 0) is 7.05 Å². The van der Waals surface area contributed by atoms with Crippen LogP contribution in [0.15, 0.2) is 6.20 Å². The van der Waals surface area contributed by atoms with Crippen molar-refractivity contribution in [1.29, 1.82) is 0 Å². The van der Waals surface area contributed by atoms with E-state index in [1.807, 2.05) is 17.9 Å². The molecule has 0 radical (unpaired) electrons. The molecule has 1 unspecified atom stereocenters. The fourth-order valence-corrected chi connectivity index (χ4v) is 2.30. The number of hydrogen-bond donors (Lipinski definition) is 1. The predicted octanol–water partition coefficient (Wildman–Crippen LogP) is 2.05. The third-order valence-electron chi connectivity index (χ3n) is 3.54. The number of rotatable bonds is 6. The Morgan fingerprint density at radius 3 is 2.88 bits per heavy atom. The number of nitrogens with zero attached hydrogens (tertiary/aromatic N) is 3. The smallest absolute Gasteiger partial charge is 0.0753 e. The summed E-state index contributed by atoms with van der Waals surface area (Å²) in [6.07, 6.45) is 8.51. The molecule has 1 fully saturated rings. The summed E-state index contributed by atoms with van der Waals surface area (Å²) in [7, 11) is 1.98. The van der Waals surface area contributed by atoms with Gasteiger partial charge in [-0.25, -0.2) is 0 Å². The first-order valence-electron chi connectivity index (χ1n) is 6.39. The molecule has 1 aromatic heterocycles. The SMILES string of the molecule is CCCNC(CC1CCC1)c1cnnn1C. The van der Waals surface area contributed by atoms with Crippen LogP contribution in [0.2, 0.25) is 0 Å². The van der Waals surface area contributed by atoms with Crippen LogP contribution in [0.5, 0.6) is 0 Å². The zero-order valence-electron chi connectivity index (χ0n) is 10.3. The molecule has 1 atom stereocenters. The highest BCUT2D eigenvalue weighted by Gasteiger charge is 2.24. The van der Waals surface area contributed by atoms with Crippen molar-refractivity contribution in [2.75, 3.05) is 6.54 Å². The van der Waals surface area contributed by atoms with E-state index in [1.165, 1.54) is 37.8 Å². The first-order valence-corrected chi connectivity index (χ1v) is 6.39. The standard InChI is InChI=1S/C12H22N4/c1-3-7-13-11(8-10-5-4-6-10)12-9-14-15-16(12)2/h9-11,13H,3-8H2,1-2H3. The maximum Gasteiger partial charge on any atom is 0.0753 e. The fourth-order valence-electron chi connectivity index (χ4n) is 2.30.